The Balaban J connectivity index is 2.23. The van der Waals surface area contributed by atoms with Crippen molar-refractivity contribution >= 4 is 13.1 Å². The van der Waals surface area contributed by atoms with Crippen molar-refractivity contribution < 1.29 is 28.3 Å². The zero-order valence-electron chi connectivity index (χ0n) is 13.2. The van der Waals surface area contributed by atoms with Gasteiger partial charge >= 0.3 is 13.1 Å². The van der Waals surface area contributed by atoms with E-state index in [0.29, 0.717) is 51.3 Å². The Hall–Kier alpha value is -0.885. The van der Waals surface area contributed by atoms with Gasteiger partial charge in [0, 0.05) is 33.0 Å². The first-order valence-corrected chi connectivity index (χ1v) is 7.07. The summed E-state index contributed by atoms with van der Waals surface area (Å²) in [6, 6.07) is 0. The maximum atomic E-state index is 11.2. The molecule has 1 rings (SSSR count). The smallest absolute Gasteiger partial charge is 0.457 e. The number of esters is 1. The van der Waals surface area contributed by atoms with Crippen molar-refractivity contribution in [2.45, 2.75) is 19.7 Å². The largest absolute Gasteiger partial charge is 0.462 e. The van der Waals surface area contributed by atoms with E-state index in [9.17, 15) is 4.79 Å². The van der Waals surface area contributed by atoms with Crippen LogP contribution < -0.4 is 0 Å². The molecule has 1 heterocycles. The first-order chi connectivity index (χ1) is 10.0. The maximum Gasteiger partial charge on any atom is 0.457 e. The van der Waals surface area contributed by atoms with Crippen molar-refractivity contribution in [1.29, 1.82) is 0 Å². The molecule has 0 unspecified atom stereocenters. The third-order valence-corrected chi connectivity index (χ3v) is 3.22. The van der Waals surface area contributed by atoms with E-state index >= 15 is 0 Å². The van der Waals surface area contributed by atoms with Gasteiger partial charge in [0.2, 0.25) is 0 Å². The van der Waals surface area contributed by atoms with Crippen LogP contribution in [0.1, 0.15) is 13.3 Å². The molecule has 1 fully saturated rings. The van der Waals surface area contributed by atoms with Crippen LogP contribution in [0.5, 0.6) is 0 Å². The van der Waals surface area contributed by atoms with E-state index in [1.54, 1.807) is 21.1 Å². The number of carbonyl (C=O) groups excluding carboxylic acids is 1. The Kier molecular flexibility index (Phi) is 7.96. The fourth-order valence-electron chi connectivity index (χ4n) is 2.15. The highest BCUT2D eigenvalue weighted by molar-refractivity contribution is 6.44. The van der Waals surface area contributed by atoms with Crippen molar-refractivity contribution in [1.82, 2.24) is 0 Å². The van der Waals surface area contributed by atoms with Crippen LogP contribution in [0.15, 0.2) is 12.2 Å². The van der Waals surface area contributed by atoms with Crippen LogP contribution in [-0.2, 0) is 28.3 Å². The van der Waals surface area contributed by atoms with E-state index in [2.05, 4.69) is 6.58 Å². The summed E-state index contributed by atoms with van der Waals surface area (Å²) < 4.78 is 26.9. The molecule has 0 aromatic carbocycles. The van der Waals surface area contributed by atoms with Gasteiger partial charge in [0.05, 0.1) is 25.2 Å². The molecule has 0 aromatic rings. The molecule has 120 valence electrons. The Morgan fingerprint density at radius 2 is 1.81 bits per heavy atom. The van der Waals surface area contributed by atoms with E-state index < -0.39 is 0 Å². The minimum absolute atomic E-state index is 0.244. The van der Waals surface area contributed by atoms with Gasteiger partial charge in [-0.15, -0.1) is 0 Å². The number of methoxy groups -OCH3 is 2. The molecular weight excluding hydrogens is 275 g/mol. The van der Waals surface area contributed by atoms with Gasteiger partial charge in [-0.05, 0) is 19.7 Å². The van der Waals surface area contributed by atoms with Crippen LogP contribution in [0.2, 0.25) is 6.32 Å². The van der Waals surface area contributed by atoms with E-state index in [1.807, 2.05) is 0 Å². The molecule has 0 saturated carbocycles. The molecule has 1 aliphatic heterocycles. The lowest BCUT2D eigenvalue weighted by atomic mass is 9.78. The highest BCUT2D eigenvalue weighted by Gasteiger charge is 2.39. The van der Waals surface area contributed by atoms with Gasteiger partial charge in [0.1, 0.15) is 0 Å². The van der Waals surface area contributed by atoms with Gasteiger partial charge in [-0.2, -0.15) is 0 Å². The Morgan fingerprint density at radius 1 is 1.24 bits per heavy atom. The summed E-state index contributed by atoms with van der Waals surface area (Å²) in [7, 11) is 3.04. The highest BCUT2D eigenvalue weighted by atomic mass is 16.6. The Labute approximate surface area is 126 Å². The zero-order valence-corrected chi connectivity index (χ0v) is 13.2. The number of hydrogen-bond acceptors (Lipinski definition) is 6. The number of hydrogen-bond donors (Lipinski definition) is 0. The molecule has 1 aliphatic rings. The number of ether oxygens (including phenoxy) is 3. The average molecular weight is 300 g/mol. The summed E-state index contributed by atoms with van der Waals surface area (Å²) in [5, 5.41) is 0. The molecule has 7 heteroatoms. The van der Waals surface area contributed by atoms with Gasteiger partial charge in [0.25, 0.3) is 0 Å². The average Bonchev–Trinajstić information content (AvgIpc) is 2.46. The van der Waals surface area contributed by atoms with Gasteiger partial charge < -0.3 is 23.5 Å². The second-order valence-corrected chi connectivity index (χ2v) is 5.48. The van der Waals surface area contributed by atoms with E-state index in [4.69, 9.17) is 23.5 Å². The maximum absolute atomic E-state index is 11.2. The van der Waals surface area contributed by atoms with E-state index in [-0.39, 0.29) is 18.5 Å². The minimum atomic E-state index is -0.361. The predicted molar refractivity (Wildman–Crippen MR) is 79.0 cm³/mol. The molecule has 0 atom stereocenters. The molecule has 0 radical (unpaired) electrons. The molecule has 0 bridgehead atoms. The monoisotopic (exact) mass is 300 g/mol. The summed E-state index contributed by atoms with van der Waals surface area (Å²) in [5.41, 5.74) is 0.163. The third-order valence-electron chi connectivity index (χ3n) is 3.22. The second kappa shape index (κ2) is 9.20. The van der Waals surface area contributed by atoms with Crippen LogP contribution in [0, 0.1) is 5.41 Å². The molecule has 1 saturated heterocycles. The summed E-state index contributed by atoms with van der Waals surface area (Å²) in [6.45, 7) is 7.62. The minimum Gasteiger partial charge on any atom is -0.462 e. The van der Waals surface area contributed by atoms with E-state index in [1.165, 1.54) is 0 Å². The molecule has 0 aliphatic carbocycles. The standard InChI is InChI=1S/C14H25BO6/c1-12(2)13(16)19-7-5-6-15-20-10-14(8-17-3,9-18-4)11-21-15/h1,5-11H2,2-4H3. The summed E-state index contributed by atoms with van der Waals surface area (Å²) in [4.78, 5) is 11.2. The quantitative estimate of drug-likeness (QED) is 0.277. The van der Waals surface area contributed by atoms with Crippen molar-refractivity contribution in [2.24, 2.45) is 5.41 Å². The Morgan fingerprint density at radius 3 is 2.29 bits per heavy atom. The fourth-order valence-corrected chi connectivity index (χ4v) is 2.15. The van der Waals surface area contributed by atoms with Crippen LogP contribution >= 0.6 is 0 Å². The first-order valence-electron chi connectivity index (χ1n) is 7.07. The normalized spacial score (nSPS) is 17.6. The van der Waals surface area contributed by atoms with Crippen LogP contribution in [0.25, 0.3) is 0 Å². The summed E-state index contributed by atoms with van der Waals surface area (Å²) in [5.74, 6) is -0.361. The predicted octanol–water partition coefficient (Wildman–Crippen LogP) is 1.31. The lowest BCUT2D eigenvalue weighted by Gasteiger charge is -2.38. The lowest BCUT2D eigenvalue weighted by Crippen LogP contribution is -2.49. The SMILES string of the molecule is C=C(C)C(=O)OCCCB1OCC(COC)(COC)CO1. The van der Waals surface area contributed by atoms with Crippen LogP contribution in [0.3, 0.4) is 0 Å². The number of carbonyl (C=O) groups is 1. The topological polar surface area (TPSA) is 63.2 Å². The second-order valence-electron chi connectivity index (χ2n) is 5.48. The van der Waals surface area contributed by atoms with Crippen molar-refractivity contribution in [3.63, 3.8) is 0 Å². The van der Waals surface area contributed by atoms with Gasteiger partial charge in [-0.25, -0.2) is 4.79 Å². The molecule has 0 spiro atoms. The van der Waals surface area contributed by atoms with Gasteiger partial charge in [-0.3, -0.25) is 0 Å². The fraction of sp³-hybridized carbons (Fsp3) is 0.786. The molecular formula is C14H25BO6. The number of rotatable bonds is 9. The van der Waals surface area contributed by atoms with Crippen molar-refractivity contribution in [3.05, 3.63) is 12.2 Å². The molecule has 6 nitrogen and oxygen atoms in total. The van der Waals surface area contributed by atoms with Crippen molar-refractivity contribution in [2.75, 3.05) is 47.3 Å². The molecule has 0 N–H and O–H groups in total. The molecule has 0 aromatic heterocycles. The first kappa shape index (κ1) is 18.2. The van der Waals surface area contributed by atoms with Gasteiger partial charge in [-0.1, -0.05) is 6.58 Å². The summed E-state index contributed by atoms with van der Waals surface area (Å²) >= 11 is 0. The van der Waals surface area contributed by atoms with Crippen LogP contribution in [0.4, 0.5) is 0 Å². The van der Waals surface area contributed by atoms with Gasteiger partial charge in [0.15, 0.2) is 0 Å². The highest BCUT2D eigenvalue weighted by Crippen LogP contribution is 2.25. The lowest BCUT2D eigenvalue weighted by molar-refractivity contribution is -0.139. The third kappa shape index (κ3) is 6.17. The Bertz CT molecular complexity index is 330. The van der Waals surface area contributed by atoms with Crippen LogP contribution in [-0.4, -0.2) is 60.3 Å². The molecule has 0 amide bonds. The molecule has 21 heavy (non-hydrogen) atoms. The van der Waals surface area contributed by atoms with Crippen molar-refractivity contribution in [3.8, 4) is 0 Å². The summed E-state index contributed by atoms with van der Waals surface area (Å²) in [6.07, 6.45) is 1.37. The zero-order chi connectivity index (χ0) is 15.7. The van der Waals surface area contributed by atoms with E-state index in [0.717, 1.165) is 0 Å².